The smallest absolute Gasteiger partial charge is 0.0628 e. The molecule has 0 saturated heterocycles. The summed E-state index contributed by atoms with van der Waals surface area (Å²) in [5, 5.41) is 12.4. The fourth-order valence-electron chi connectivity index (χ4n) is 2.69. The third-order valence-corrected chi connectivity index (χ3v) is 4.60. The van der Waals surface area contributed by atoms with Crippen LogP contribution in [0.1, 0.15) is 38.5 Å². The molecule has 3 heteroatoms. The minimum Gasteiger partial charge on any atom is -0.314 e. The largest absolute Gasteiger partial charge is 0.314 e. The third-order valence-electron chi connectivity index (χ3n) is 4.60. The van der Waals surface area contributed by atoms with E-state index in [4.69, 9.17) is 5.26 Å². The molecule has 0 atom stereocenters. The van der Waals surface area contributed by atoms with E-state index in [-0.39, 0.29) is 0 Å². The van der Waals surface area contributed by atoms with Crippen molar-refractivity contribution in [2.75, 3.05) is 27.2 Å². The van der Waals surface area contributed by atoms with E-state index in [0.717, 1.165) is 19.5 Å². The molecule has 0 unspecified atom stereocenters. The molecule has 3 nitrogen and oxygen atoms in total. The second kappa shape index (κ2) is 4.35. The highest BCUT2D eigenvalue weighted by Crippen LogP contribution is 2.48. The maximum atomic E-state index is 8.76. The highest BCUT2D eigenvalue weighted by molar-refractivity contribution is 5.03. The molecule has 0 aromatic rings. The number of nitrogens with one attached hydrogen (secondary N) is 1. The maximum Gasteiger partial charge on any atom is 0.0628 e. The Hall–Kier alpha value is -0.590. The molecule has 0 aromatic carbocycles. The van der Waals surface area contributed by atoms with Gasteiger partial charge in [-0.05, 0) is 51.6 Å². The topological polar surface area (TPSA) is 39.1 Å². The van der Waals surface area contributed by atoms with Gasteiger partial charge in [0.15, 0.2) is 0 Å². The van der Waals surface area contributed by atoms with Crippen LogP contribution in [0.25, 0.3) is 0 Å². The molecule has 0 bridgehead atoms. The molecule has 0 aliphatic heterocycles. The number of nitriles is 1. The summed E-state index contributed by atoms with van der Waals surface area (Å²) in [6.07, 6.45) is 7.21. The summed E-state index contributed by atoms with van der Waals surface area (Å²) in [4.78, 5) is 2.37. The van der Waals surface area contributed by atoms with Gasteiger partial charge in [-0.3, -0.25) is 0 Å². The van der Waals surface area contributed by atoms with Crippen molar-refractivity contribution in [2.24, 2.45) is 5.41 Å². The Labute approximate surface area is 98.8 Å². The number of hydrogen-bond acceptors (Lipinski definition) is 3. The molecule has 2 aliphatic rings. The molecular formula is C13H23N3. The van der Waals surface area contributed by atoms with Crippen LogP contribution < -0.4 is 5.32 Å². The van der Waals surface area contributed by atoms with Gasteiger partial charge in [0.25, 0.3) is 0 Å². The Morgan fingerprint density at radius 2 is 1.88 bits per heavy atom. The first-order valence-corrected chi connectivity index (χ1v) is 6.38. The van der Waals surface area contributed by atoms with Crippen LogP contribution in [-0.2, 0) is 0 Å². The quantitative estimate of drug-likeness (QED) is 0.743. The van der Waals surface area contributed by atoms with Gasteiger partial charge in [0.2, 0.25) is 0 Å². The van der Waals surface area contributed by atoms with E-state index in [2.05, 4.69) is 30.4 Å². The Morgan fingerprint density at radius 1 is 1.19 bits per heavy atom. The van der Waals surface area contributed by atoms with Crippen molar-refractivity contribution < 1.29 is 0 Å². The normalized spacial score (nSPS) is 24.9. The predicted molar refractivity (Wildman–Crippen MR) is 65.0 cm³/mol. The van der Waals surface area contributed by atoms with Gasteiger partial charge in [-0.25, -0.2) is 0 Å². The summed E-state index contributed by atoms with van der Waals surface area (Å²) >= 11 is 0. The average Bonchev–Trinajstić information content (AvgIpc) is 2.90. The predicted octanol–water partition coefficient (Wildman–Crippen LogP) is 1.75. The SMILES string of the molecule is CN(C)C1(CNCC2(CC#N)CC2)CCC1. The molecule has 1 N–H and O–H groups in total. The fourth-order valence-corrected chi connectivity index (χ4v) is 2.69. The van der Waals surface area contributed by atoms with Gasteiger partial charge in [0.1, 0.15) is 0 Å². The van der Waals surface area contributed by atoms with Gasteiger partial charge in [0, 0.05) is 25.0 Å². The van der Waals surface area contributed by atoms with Crippen LogP contribution in [-0.4, -0.2) is 37.6 Å². The number of likely N-dealkylation sites (N-methyl/N-ethyl adjacent to an activating group) is 1. The van der Waals surface area contributed by atoms with E-state index in [9.17, 15) is 0 Å². The van der Waals surface area contributed by atoms with E-state index in [1.165, 1.54) is 32.1 Å². The molecule has 2 fully saturated rings. The standard InChI is InChI=1S/C13H23N3/c1-16(2)13(4-3-5-13)11-15-10-12(6-7-12)8-9-14/h15H,3-8,10-11H2,1-2H3. The number of hydrogen-bond donors (Lipinski definition) is 1. The minimum absolute atomic E-state index is 0.339. The molecule has 0 aromatic heterocycles. The van der Waals surface area contributed by atoms with E-state index >= 15 is 0 Å². The van der Waals surface area contributed by atoms with Crippen molar-refractivity contribution in [3.05, 3.63) is 0 Å². The summed E-state index contributed by atoms with van der Waals surface area (Å²) in [5.74, 6) is 0. The maximum absolute atomic E-state index is 8.76. The zero-order valence-corrected chi connectivity index (χ0v) is 10.6. The zero-order chi connectivity index (χ0) is 11.6. The second-order valence-corrected chi connectivity index (χ2v) is 5.91. The van der Waals surface area contributed by atoms with Crippen molar-refractivity contribution in [2.45, 2.75) is 44.1 Å². The lowest BCUT2D eigenvalue weighted by Crippen LogP contribution is -2.56. The number of rotatable bonds is 6. The van der Waals surface area contributed by atoms with Crippen LogP contribution in [0.5, 0.6) is 0 Å². The van der Waals surface area contributed by atoms with Crippen LogP contribution in [0, 0.1) is 16.7 Å². The van der Waals surface area contributed by atoms with Crippen LogP contribution in [0.4, 0.5) is 0 Å². The Kier molecular flexibility index (Phi) is 3.23. The molecule has 0 amide bonds. The van der Waals surface area contributed by atoms with E-state index in [1.807, 2.05) is 0 Å². The van der Waals surface area contributed by atoms with Gasteiger partial charge in [0.05, 0.1) is 6.07 Å². The summed E-state index contributed by atoms with van der Waals surface area (Å²) in [6.45, 7) is 2.13. The molecule has 0 radical (unpaired) electrons. The summed E-state index contributed by atoms with van der Waals surface area (Å²) in [7, 11) is 4.37. The van der Waals surface area contributed by atoms with Gasteiger partial charge in [-0.2, -0.15) is 5.26 Å². The van der Waals surface area contributed by atoms with Gasteiger partial charge in [-0.15, -0.1) is 0 Å². The Morgan fingerprint density at radius 3 is 2.25 bits per heavy atom. The first-order valence-electron chi connectivity index (χ1n) is 6.38. The summed E-state index contributed by atoms with van der Waals surface area (Å²) in [6, 6.07) is 2.32. The minimum atomic E-state index is 0.339. The van der Waals surface area contributed by atoms with Gasteiger partial charge >= 0.3 is 0 Å². The summed E-state index contributed by atoms with van der Waals surface area (Å²) in [5.41, 5.74) is 0.745. The van der Waals surface area contributed by atoms with Crippen LogP contribution >= 0.6 is 0 Å². The molecule has 2 saturated carbocycles. The van der Waals surface area contributed by atoms with E-state index < -0.39 is 0 Å². The molecule has 16 heavy (non-hydrogen) atoms. The lowest BCUT2D eigenvalue weighted by molar-refractivity contribution is 0.0589. The molecular weight excluding hydrogens is 198 g/mol. The van der Waals surface area contributed by atoms with Crippen LogP contribution in [0.2, 0.25) is 0 Å². The van der Waals surface area contributed by atoms with Crippen LogP contribution in [0.3, 0.4) is 0 Å². The van der Waals surface area contributed by atoms with E-state index in [1.54, 1.807) is 0 Å². The van der Waals surface area contributed by atoms with Crippen molar-refractivity contribution in [1.82, 2.24) is 10.2 Å². The Bertz CT molecular complexity index is 282. The number of nitrogens with zero attached hydrogens (tertiary/aromatic N) is 2. The van der Waals surface area contributed by atoms with Crippen molar-refractivity contribution in [1.29, 1.82) is 5.26 Å². The third kappa shape index (κ3) is 2.23. The van der Waals surface area contributed by atoms with Crippen molar-refractivity contribution in [3.8, 4) is 6.07 Å². The first kappa shape index (κ1) is 11.9. The molecule has 90 valence electrons. The highest BCUT2D eigenvalue weighted by atomic mass is 15.2. The fraction of sp³-hybridized carbons (Fsp3) is 0.923. The lowest BCUT2D eigenvalue weighted by Gasteiger charge is -2.47. The molecule has 0 heterocycles. The molecule has 2 aliphatic carbocycles. The zero-order valence-electron chi connectivity index (χ0n) is 10.6. The lowest BCUT2D eigenvalue weighted by atomic mass is 9.75. The van der Waals surface area contributed by atoms with Crippen molar-refractivity contribution in [3.63, 3.8) is 0 Å². The van der Waals surface area contributed by atoms with Gasteiger partial charge < -0.3 is 10.2 Å². The first-order chi connectivity index (χ1) is 7.63. The molecule has 0 spiro atoms. The highest BCUT2D eigenvalue weighted by Gasteiger charge is 2.43. The van der Waals surface area contributed by atoms with Crippen molar-refractivity contribution >= 4 is 0 Å². The van der Waals surface area contributed by atoms with Crippen LogP contribution in [0.15, 0.2) is 0 Å². The Balaban J connectivity index is 1.74. The van der Waals surface area contributed by atoms with E-state index in [0.29, 0.717) is 11.0 Å². The summed E-state index contributed by atoms with van der Waals surface area (Å²) < 4.78 is 0. The monoisotopic (exact) mass is 221 g/mol. The average molecular weight is 221 g/mol. The van der Waals surface area contributed by atoms with Gasteiger partial charge in [-0.1, -0.05) is 0 Å². The molecule has 2 rings (SSSR count). The second-order valence-electron chi connectivity index (χ2n) is 5.91.